The fraction of sp³-hybridized carbons (Fsp3) is 0.333. The van der Waals surface area contributed by atoms with Gasteiger partial charge >= 0.3 is 0 Å². The van der Waals surface area contributed by atoms with Gasteiger partial charge in [-0.25, -0.2) is 0 Å². The van der Waals surface area contributed by atoms with Crippen molar-refractivity contribution in [2.45, 2.75) is 0 Å². The summed E-state index contributed by atoms with van der Waals surface area (Å²) in [5.41, 5.74) is 0. The van der Waals surface area contributed by atoms with Crippen LogP contribution in [-0.4, -0.2) is 5.75 Å². The Labute approximate surface area is 66.1 Å². The summed E-state index contributed by atoms with van der Waals surface area (Å²) >= 11 is 0. The van der Waals surface area contributed by atoms with E-state index in [9.17, 15) is 0 Å². The van der Waals surface area contributed by atoms with Crippen molar-refractivity contribution in [3.63, 3.8) is 0 Å². The summed E-state index contributed by atoms with van der Waals surface area (Å²) in [5.74, 6) is 1.20. The van der Waals surface area contributed by atoms with Crippen LogP contribution in [0.1, 0.15) is 0 Å². The van der Waals surface area contributed by atoms with Gasteiger partial charge in [0.1, 0.15) is 0 Å². The second kappa shape index (κ2) is 4.53. The van der Waals surface area contributed by atoms with Gasteiger partial charge in [0, 0.05) is 33.4 Å². The van der Waals surface area contributed by atoms with Crippen LogP contribution < -0.4 is 0 Å². The monoisotopic (exact) mass is 306 g/mol. The zero-order chi connectivity index (χ0) is 3.54. The van der Waals surface area contributed by atoms with Crippen LogP contribution in [0.15, 0.2) is 11.5 Å². The van der Waals surface area contributed by atoms with Gasteiger partial charge in [-0.3, -0.25) is 0 Å². The molecule has 3 heteroatoms. The Balaban J connectivity index is 0.000000250. The first-order chi connectivity index (χ1) is 2.50. The average Bonchev–Trinajstić information content (AvgIpc) is 1.76. The first-order valence-electron chi connectivity index (χ1n) is 1.43. The van der Waals surface area contributed by atoms with Crippen LogP contribution in [0.3, 0.4) is 0 Å². The molecule has 0 amide bonds. The van der Waals surface area contributed by atoms with Crippen molar-refractivity contribution in [1.82, 2.24) is 0 Å². The molecule has 0 aromatic rings. The standard InChI is InChI=1S/C3H4S2.Hg/c1-2-4-5-3-1;/h1-2H,3H2;. The van der Waals surface area contributed by atoms with E-state index in [0.29, 0.717) is 0 Å². The third kappa shape index (κ3) is 2.53. The number of rotatable bonds is 0. The third-order valence-corrected chi connectivity index (χ3v) is 2.30. The quantitative estimate of drug-likeness (QED) is 0.495. The van der Waals surface area contributed by atoms with E-state index in [1.54, 1.807) is 0 Å². The summed E-state index contributed by atoms with van der Waals surface area (Å²) in [6.45, 7) is 0. The molecular formula is C3H4HgS2. The topological polar surface area (TPSA) is 0 Å². The minimum absolute atomic E-state index is 0. The van der Waals surface area contributed by atoms with Gasteiger partial charge in [-0.1, -0.05) is 27.7 Å². The van der Waals surface area contributed by atoms with Crippen molar-refractivity contribution in [3.8, 4) is 0 Å². The van der Waals surface area contributed by atoms with Crippen LogP contribution in [0, 0.1) is 0 Å². The van der Waals surface area contributed by atoms with Crippen LogP contribution >= 0.6 is 21.6 Å². The summed E-state index contributed by atoms with van der Waals surface area (Å²) in [5, 5.41) is 2.12. The van der Waals surface area contributed by atoms with Gasteiger partial charge in [-0.15, -0.1) is 0 Å². The maximum absolute atomic E-state index is 2.16. The van der Waals surface area contributed by atoms with Crippen molar-refractivity contribution in [1.29, 1.82) is 0 Å². The Bertz CT molecular complexity index is 46.8. The first-order valence-corrected chi connectivity index (χ1v) is 3.81. The molecular weight excluding hydrogens is 301 g/mol. The Morgan fingerprint density at radius 3 is 2.50 bits per heavy atom. The van der Waals surface area contributed by atoms with E-state index in [1.807, 2.05) is 21.6 Å². The van der Waals surface area contributed by atoms with E-state index >= 15 is 0 Å². The van der Waals surface area contributed by atoms with Gasteiger partial charge < -0.3 is 0 Å². The largest absolute Gasteiger partial charge is 0.0854 e. The molecule has 1 rings (SSSR count). The van der Waals surface area contributed by atoms with Crippen LogP contribution in [0.5, 0.6) is 0 Å². The molecule has 0 bridgehead atoms. The van der Waals surface area contributed by atoms with E-state index in [-0.39, 0.29) is 27.7 Å². The van der Waals surface area contributed by atoms with E-state index in [1.165, 1.54) is 5.75 Å². The van der Waals surface area contributed by atoms with E-state index in [4.69, 9.17) is 0 Å². The molecule has 0 saturated heterocycles. The molecule has 0 saturated carbocycles. The van der Waals surface area contributed by atoms with E-state index < -0.39 is 0 Å². The Kier molecular flexibility index (Phi) is 5.57. The first kappa shape index (κ1) is 7.38. The van der Waals surface area contributed by atoms with Crippen LogP contribution in [0.2, 0.25) is 0 Å². The van der Waals surface area contributed by atoms with Crippen LogP contribution in [-0.2, 0) is 27.7 Å². The van der Waals surface area contributed by atoms with Crippen LogP contribution in [0.25, 0.3) is 0 Å². The van der Waals surface area contributed by atoms with Crippen molar-refractivity contribution in [3.05, 3.63) is 11.5 Å². The van der Waals surface area contributed by atoms with Gasteiger partial charge in [0.2, 0.25) is 0 Å². The zero-order valence-electron chi connectivity index (χ0n) is 3.39. The Morgan fingerprint density at radius 2 is 2.33 bits per heavy atom. The van der Waals surface area contributed by atoms with Gasteiger partial charge in [0.15, 0.2) is 0 Å². The summed E-state index contributed by atoms with van der Waals surface area (Å²) in [7, 11) is 3.69. The van der Waals surface area contributed by atoms with Gasteiger partial charge in [-0.2, -0.15) is 0 Å². The molecule has 0 N–H and O–H groups in total. The molecule has 0 unspecified atom stereocenters. The average molecular weight is 305 g/mol. The third-order valence-electron chi connectivity index (χ3n) is 0.384. The van der Waals surface area contributed by atoms with E-state index in [0.717, 1.165) is 0 Å². The Morgan fingerprint density at radius 1 is 1.50 bits per heavy atom. The summed E-state index contributed by atoms with van der Waals surface area (Å²) < 4.78 is 0. The van der Waals surface area contributed by atoms with Gasteiger partial charge in [-0.05, 0) is 5.41 Å². The van der Waals surface area contributed by atoms with Crippen LogP contribution in [0.4, 0.5) is 0 Å². The van der Waals surface area contributed by atoms with E-state index in [2.05, 4.69) is 11.5 Å². The zero-order valence-corrected chi connectivity index (χ0v) is 10.5. The smallest absolute Gasteiger partial charge is 0.0229 e. The molecule has 0 nitrogen and oxygen atoms in total. The minimum atomic E-state index is 0. The van der Waals surface area contributed by atoms with Crippen molar-refractivity contribution < 1.29 is 27.7 Å². The minimum Gasteiger partial charge on any atom is -0.0854 e. The Hall–Kier alpha value is 1.38. The SMILES string of the molecule is C1=CSSC1.[Hg]. The molecule has 1 aliphatic rings. The fourth-order valence-corrected chi connectivity index (χ4v) is 1.77. The fourth-order valence-electron chi connectivity index (χ4n) is 0.196. The second-order valence-corrected chi connectivity index (χ2v) is 3.07. The molecule has 0 radical (unpaired) electrons. The summed E-state index contributed by atoms with van der Waals surface area (Å²) in [4.78, 5) is 0. The maximum Gasteiger partial charge on any atom is 0.0229 e. The summed E-state index contributed by atoms with van der Waals surface area (Å²) in [6, 6.07) is 0. The predicted molar refractivity (Wildman–Crippen MR) is 29.2 cm³/mol. The molecule has 0 spiro atoms. The normalized spacial score (nSPS) is 17.3. The predicted octanol–water partition coefficient (Wildman–Crippen LogP) is 1.89. The van der Waals surface area contributed by atoms with Crippen molar-refractivity contribution in [2.24, 2.45) is 0 Å². The number of hydrogen-bond acceptors (Lipinski definition) is 2. The molecule has 0 fully saturated rings. The second-order valence-electron chi connectivity index (χ2n) is 0.753. The van der Waals surface area contributed by atoms with Crippen molar-refractivity contribution in [2.75, 3.05) is 5.75 Å². The molecule has 0 atom stereocenters. The molecule has 30 valence electrons. The van der Waals surface area contributed by atoms with Gasteiger partial charge in [0.05, 0.1) is 0 Å². The molecule has 1 heterocycles. The molecule has 0 aliphatic carbocycles. The molecule has 0 aromatic carbocycles. The molecule has 1 aliphatic heterocycles. The summed E-state index contributed by atoms with van der Waals surface area (Å²) in [6.07, 6.45) is 2.16. The van der Waals surface area contributed by atoms with Gasteiger partial charge in [0.25, 0.3) is 0 Å². The maximum atomic E-state index is 2.16. The molecule has 6 heavy (non-hydrogen) atoms. The molecule has 0 aromatic heterocycles. The number of hydrogen-bond donors (Lipinski definition) is 0. The van der Waals surface area contributed by atoms with Crippen molar-refractivity contribution >= 4 is 21.6 Å².